The number of benzene rings is 1. The Balaban J connectivity index is 2.23. The van der Waals surface area contributed by atoms with Crippen LogP contribution in [0.5, 0.6) is 0 Å². The van der Waals surface area contributed by atoms with Crippen LogP contribution in [0.2, 0.25) is 0 Å². The molecule has 2 aliphatic rings. The number of nitro groups is 1. The lowest BCUT2D eigenvalue weighted by molar-refractivity contribution is -0.385. The molecular weight excluding hydrogens is 428 g/mol. The Morgan fingerprint density at radius 3 is 2.58 bits per heavy atom. The van der Waals surface area contributed by atoms with Gasteiger partial charge >= 0.3 is 11.9 Å². The number of nitrogens with zero attached hydrogens (tertiary/aromatic N) is 1. The second-order valence-electron chi connectivity index (χ2n) is 8.47. The number of carbonyl (C=O) groups excluding carboxylic acids is 3. The molecule has 1 aliphatic heterocycles. The molecule has 1 aromatic carbocycles. The van der Waals surface area contributed by atoms with Crippen molar-refractivity contribution >= 4 is 23.4 Å². The van der Waals surface area contributed by atoms with Crippen LogP contribution in [0.25, 0.3) is 0 Å². The van der Waals surface area contributed by atoms with Crippen LogP contribution in [-0.2, 0) is 23.9 Å². The zero-order valence-electron chi connectivity index (χ0n) is 19.4. The maximum Gasteiger partial charge on any atom is 0.336 e. The summed E-state index contributed by atoms with van der Waals surface area (Å²) in [6.45, 7) is 7.18. The molecular formula is C24H28N2O7. The van der Waals surface area contributed by atoms with E-state index in [1.807, 2.05) is 6.92 Å². The van der Waals surface area contributed by atoms with Crippen LogP contribution >= 0.6 is 0 Å². The molecule has 1 heterocycles. The van der Waals surface area contributed by atoms with E-state index >= 15 is 0 Å². The number of ether oxygens (including phenoxy) is 2. The number of esters is 2. The Hall–Kier alpha value is -3.49. The minimum Gasteiger partial charge on any atom is -0.468 e. The molecule has 0 bridgehead atoms. The number of nitro benzene ring substituents is 1. The van der Waals surface area contributed by atoms with Crippen LogP contribution in [-0.4, -0.2) is 36.4 Å². The summed E-state index contributed by atoms with van der Waals surface area (Å²) in [4.78, 5) is 50.2. The van der Waals surface area contributed by atoms with Gasteiger partial charge in [0.1, 0.15) is 5.92 Å². The highest BCUT2D eigenvalue weighted by Crippen LogP contribution is 2.46. The molecule has 9 nitrogen and oxygen atoms in total. The summed E-state index contributed by atoms with van der Waals surface area (Å²) < 4.78 is 10.3. The molecule has 1 aromatic rings. The monoisotopic (exact) mass is 456 g/mol. The molecule has 176 valence electrons. The number of carbonyl (C=O) groups is 3. The van der Waals surface area contributed by atoms with Gasteiger partial charge in [-0.05, 0) is 38.2 Å². The summed E-state index contributed by atoms with van der Waals surface area (Å²) in [5.41, 5.74) is 2.31. The van der Waals surface area contributed by atoms with Crippen molar-refractivity contribution in [3.05, 3.63) is 62.0 Å². The third-order valence-corrected chi connectivity index (χ3v) is 6.16. The molecule has 0 amide bonds. The first-order valence-electron chi connectivity index (χ1n) is 10.9. The molecule has 1 aliphatic carbocycles. The predicted octanol–water partition coefficient (Wildman–Crippen LogP) is 3.47. The van der Waals surface area contributed by atoms with Crippen LogP contribution in [0.4, 0.5) is 5.69 Å². The minimum atomic E-state index is -1.02. The van der Waals surface area contributed by atoms with E-state index in [0.29, 0.717) is 35.4 Å². The number of Topliss-reactive ketones (excluding diaryl/α,β-unsaturated/α-hetero) is 1. The van der Waals surface area contributed by atoms with Crippen molar-refractivity contribution in [2.75, 3.05) is 13.7 Å². The first kappa shape index (κ1) is 24.2. The lowest BCUT2D eigenvalue weighted by atomic mass is 9.69. The zero-order chi connectivity index (χ0) is 24.4. The van der Waals surface area contributed by atoms with Gasteiger partial charge in [-0.2, -0.15) is 0 Å². The quantitative estimate of drug-likeness (QED) is 0.299. The van der Waals surface area contributed by atoms with E-state index in [2.05, 4.69) is 5.32 Å². The van der Waals surface area contributed by atoms with Crippen molar-refractivity contribution < 1.29 is 28.8 Å². The maximum atomic E-state index is 13.6. The van der Waals surface area contributed by atoms with E-state index in [-0.39, 0.29) is 29.4 Å². The molecule has 0 radical (unpaired) electrons. The molecule has 0 saturated carbocycles. The van der Waals surface area contributed by atoms with Gasteiger partial charge in [0.2, 0.25) is 0 Å². The highest BCUT2D eigenvalue weighted by Gasteiger charge is 2.47. The number of rotatable bonds is 6. The predicted molar refractivity (Wildman–Crippen MR) is 119 cm³/mol. The number of aryl methyl sites for hydroxylation is 1. The Morgan fingerprint density at radius 1 is 1.27 bits per heavy atom. The Kier molecular flexibility index (Phi) is 7.00. The van der Waals surface area contributed by atoms with Crippen molar-refractivity contribution in [2.45, 2.75) is 46.5 Å². The number of hydrogen-bond donors (Lipinski definition) is 1. The maximum absolute atomic E-state index is 13.6. The number of hydrogen-bond acceptors (Lipinski definition) is 8. The average Bonchev–Trinajstić information content (AvgIpc) is 2.76. The summed E-state index contributed by atoms with van der Waals surface area (Å²) in [7, 11) is 1.23. The van der Waals surface area contributed by atoms with Crippen LogP contribution in [0, 0.1) is 28.9 Å². The van der Waals surface area contributed by atoms with E-state index in [1.54, 1.807) is 32.9 Å². The van der Waals surface area contributed by atoms with Gasteiger partial charge in [0, 0.05) is 34.5 Å². The third kappa shape index (κ3) is 4.40. The van der Waals surface area contributed by atoms with Crippen molar-refractivity contribution in [3.8, 4) is 0 Å². The second-order valence-corrected chi connectivity index (χ2v) is 8.47. The fourth-order valence-electron chi connectivity index (χ4n) is 4.56. The highest BCUT2D eigenvalue weighted by molar-refractivity contribution is 6.12. The van der Waals surface area contributed by atoms with Gasteiger partial charge < -0.3 is 14.8 Å². The number of ketones is 1. The average molecular weight is 456 g/mol. The molecule has 3 unspecified atom stereocenters. The SMILES string of the molecule is CCCOC(=O)C1=C(C)NC2=C(C(=O)C(C(=O)OC)C(C)C2)C1c1ccc(C)c([N+](=O)[O-])c1. The van der Waals surface area contributed by atoms with Crippen molar-refractivity contribution in [1.82, 2.24) is 5.32 Å². The van der Waals surface area contributed by atoms with Gasteiger partial charge in [-0.3, -0.25) is 19.7 Å². The number of nitrogens with one attached hydrogen (secondary N) is 1. The van der Waals surface area contributed by atoms with Crippen molar-refractivity contribution in [2.24, 2.45) is 11.8 Å². The Bertz CT molecular complexity index is 1090. The van der Waals surface area contributed by atoms with E-state index in [0.717, 1.165) is 0 Å². The van der Waals surface area contributed by atoms with Gasteiger partial charge in [0.05, 0.1) is 24.2 Å². The van der Waals surface area contributed by atoms with Gasteiger partial charge in [0.25, 0.3) is 5.69 Å². The van der Waals surface area contributed by atoms with Crippen LogP contribution in [0.1, 0.15) is 50.7 Å². The van der Waals surface area contributed by atoms with Crippen LogP contribution < -0.4 is 5.32 Å². The number of allylic oxidation sites excluding steroid dienone is 3. The molecule has 0 saturated heterocycles. The van der Waals surface area contributed by atoms with Crippen molar-refractivity contribution in [3.63, 3.8) is 0 Å². The first-order valence-corrected chi connectivity index (χ1v) is 10.9. The van der Waals surface area contributed by atoms with Gasteiger partial charge in [-0.15, -0.1) is 0 Å². The van der Waals surface area contributed by atoms with E-state index in [1.165, 1.54) is 13.2 Å². The fraction of sp³-hybridized carbons (Fsp3) is 0.458. The first-order chi connectivity index (χ1) is 15.6. The lowest BCUT2D eigenvalue weighted by Gasteiger charge is -2.38. The minimum absolute atomic E-state index is 0.117. The van der Waals surface area contributed by atoms with Crippen LogP contribution in [0.15, 0.2) is 40.7 Å². The summed E-state index contributed by atoms with van der Waals surface area (Å²) in [6.07, 6.45) is 1.00. The van der Waals surface area contributed by atoms with Gasteiger partial charge in [-0.25, -0.2) is 4.79 Å². The molecule has 1 N–H and O–H groups in total. The number of methoxy groups -OCH3 is 1. The largest absolute Gasteiger partial charge is 0.468 e. The zero-order valence-corrected chi connectivity index (χ0v) is 19.4. The molecule has 3 rings (SSSR count). The summed E-state index contributed by atoms with van der Waals surface area (Å²) >= 11 is 0. The summed E-state index contributed by atoms with van der Waals surface area (Å²) in [5, 5.41) is 14.8. The third-order valence-electron chi connectivity index (χ3n) is 6.16. The highest BCUT2D eigenvalue weighted by atomic mass is 16.6. The lowest BCUT2D eigenvalue weighted by Crippen LogP contribution is -2.43. The topological polar surface area (TPSA) is 125 Å². The second kappa shape index (κ2) is 9.56. The van der Waals surface area contributed by atoms with E-state index in [9.17, 15) is 24.5 Å². The molecule has 33 heavy (non-hydrogen) atoms. The Labute approximate surface area is 192 Å². The summed E-state index contributed by atoms with van der Waals surface area (Å²) in [6, 6.07) is 4.64. The van der Waals surface area contributed by atoms with E-state index < -0.39 is 34.5 Å². The van der Waals surface area contributed by atoms with Crippen molar-refractivity contribution in [1.29, 1.82) is 0 Å². The molecule has 0 fully saturated rings. The van der Waals surface area contributed by atoms with Crippen LogP contribution in [0.3, 0.4) is 0 Å². The number of dihydropyridines is 1. The normalized spacial score (nSPS) is 22.5. The Morgan fingerprint density at radius 2 is 1.97 bits per heavy atom. The smallest absolute Gasteiger partial charge is 0.336 e. The standard InChI is InChI=1S/C24H28N2O7/c1-6-9-33-24(29)19-14(4)25-16-10-13(3)18(23(28)32-5)22(27)21(16)20(19)15-8-7-12(2)17(11-15)26(30)31/h7-8,11,13,18,20,25H,6,9-10H2,1-5H3. The molecule has 0 spiro atoms. The van der Waals surface area contributed by atoms with E-state index in [4.69, 9.17) is 9.47 Å². The van der Waals surface area contributed by atoms with Gasteiger partial charge in [-0.1, -0.05) is 26.0 Å². The van der Waals surface area contributed by atoms with Gasteiger partial charge in [0.15, 0.2) is 5.78 Å². The summed E-state index contributed by atoms with van der Waals surface area (Å²) in [5.74, 6) is -3.95. The fourth-order valence-corrected chi connectivity index (χ4v) is 4.56. The molecule has 3 atom stereocenters. The molecule has 0 aromatic heterocycles. The molecule has 9 heteroatoms.